The second kappa shape index (κ2) is 4.50. The summed E-state index contributed by atoms with van der Waals surface area (Å²) in [6, 6.07) is 12.4. The monoisotopic (exact) mass is 254 g/mol. The van der Waals surface area contributed by atoms with Crippen LogP contribution in [0, 0.1) is 6.92 Å². The van der Waals surface area contributed by atoms with Crippen LogP contribution in [0.3, 0.4) is 0 Å². The molecule has 0 unspecified atom stereocenters. The van der Waals surface area contributed by atoms with E-state index in [1.54, 1.807) is 7.11 Å². The highest BCUT2D eigenvalue weighted by Gasteiger charge is 2.22. The number of ether oxygens (including phenoxy) is 1. The summed E-state index contributed by atoms with van der Waals surface area (Å²) in [5.41, 5.74) is 12.0. The van der Waals surface area contributed by atoms with E-state index < -0.39 is 0 Å². The molecule has 0 aliphatic carbocycles. The van der Waals surface area contributed by atoms with Crippen molar-refractivity contribution in [1.29, 1.82) is 0 Å². The fourth-order valence-corrected chi connectivity index (χ4v) is 2.73. The molecule has 0 radical (unpaired) electrons. The lowest BCUT2D eigenvalue weighted by Crippen LogP contribution is -2.15. The van der Waals surface area contributed by atoms with Gasteiger partial charge in [-0.3, -0.25) is 0 Å². The van der Waals surface area contributed by atoms with Crippen LogP contribution >= 0.6 is 0 Å². The Hall–Kier alpha value is -2.16. The molecule has 0 fully saturated rings. The number of anilines is 2. The van der Waals surface area contributed by atoms with Crippen molar-refractivity contribution in [2.45, 2.75) is 20.0 Å². The zero-order chi connectivity index (χ0) is 13.4. The highest BCUT2D eigenvalue weighted by Crippen LogP contribution is 2.34. The molecule has 0 bridgehead atoms. The number of methoxy groups -OCH3 is 1. The van der Waals surface area contributed by atoms with Crippen molar-refractivity contribution in [3.63, 3.8) is 0 Å². The maximum absolute atomic E-state index is 6.05. The summed E-state index contributed by atoms with van der Waals surface area (Å²) in [7, 11) is 1.70. The maximum Gasteiger partial charge on any atom is 0.119 e. The summed E-state index contributed by atoms with van der Waals surface area (Å²) in [5.74, 6) is 0.900. The van der Waals surface area contributed by atoms with Crippen molar-refractivity contribution in [1.82, 2.24) is 0 Å². The Morgan fingerprint density at radius 1 is 1.16 bits per heavy atom. The van der Waals surface area contributed by atoms with Crippen LogP contribution in [0.4, 0.5) is 11.4 Å². The van der Waals surface area contributed by atoms with Crippen molar-refractivity contribution >= 4 is 11.4 Å². The van der Waals surface area contributed by atoms with Crippen molar-refractivity contribution in [2.75, 3.05) is 17.7 Å². The van der Waals surface area contributed by atoms with Gasteiger partial charge in [0.1, 0.15) is 5.75 Å². The van der Waals surface area contributed by atoms with Gasteiger partial charge in [0.2, 0.25) is 0 Å². The van der Waals surface area contributed by atoms with Gasteiger partial charge in [-0.15, -0.1) is 0 Å². The summed E-state index contributed by atoms with van der Waals surface area (Å²) in [6.07, 6.45) is 0. The van der Waals surface area contributed by atoms with E-state index in [0.717, 1.165) is 24.5 Å². The Labute approximate surface area is 113 Å². The first kappa shape index (κ1) is 11.9. The van der Waals surface area contributed by atoms with Crippen LogP contribution < -0.4 is 15.4 Å². The smallest absolute Gasteiger partial charge is 0.119 e. The normalized spacial score (nSPS) is 13.5. The molecule has 0 atom stereocenters. The standard InChI is InChI=1S/C16H18N2O/c1-11-8-13(19-2)6-7-16(11)18-9-12-4-3-5-15(17)14(12)10-18/h3-8H,9-10,17H2,1-2H3. The quantitative estimate of drug-likeness (QED) is 0.837. The Balaban J connectivity index is 1.93. The SMILES string of the molecule is COc1ccc(N2Cc3cccc(N)c3C2)c(C)c1. The summed E-state index contributed by atoms with van der Waals surface area (Å²) < 4.78 is 5.26. The topological polar surface area (TPSA) is 38.5 Å². The third kappa shape index (κ3) is 2.01. The van der Waals surface area contributed by atoms with Gasteiger partial charge >= 0.3 is 0 Å². The van der Waals surface area contributed by atoms with Gasteiger partial charge in [0.15, 0.2) is 0 Å². The molecule has 0 saturated heterocycles. The molecule has 0 aromatic heterocycles. The van der Waals surface area contributed by atoms with Gasteiger partial charge in [0, 0.05) is 24.5 Å². The molecule has 2 N–H and O–H groups in total. The molecule has 3 nitrogen and oxygen atoms in total. The Morgan fingerprint density at radius 3 is 2.68 bits per heavy atom. The molecule has 1 aliphatic rings. The molecular formula is C16H18N2O. The largest absolute Gasteiger partial charge is 0.497 e. The molecule has 0 amide bonds. The van der Waals surface area contributed by atoms with Crippen LogP contribution in [0.1, 0.15) is 16.7 Å². The molecule has 2 aromatic rings. The highest BCUT2D eigenvalue weighted by atomic mass is 16.5. The Kier molecular flexibility index (Phi) is 2.82. The van der Waals surface area contributed by atoms with Crippen LogP contribution in [0.5, 0.6) is 5.75 Å². The van der Waals surface area contributed by atoms with E-state index in [-0.39, 0.29) is 0 Å². The van der Waals surface area contributed by atoms with Crippen LogP contribution in [0.15, 0.2) is 36.4 Å². The number of nitrogens with zero attached hydrogens (tertiary/aromatic N) is 1. The van der Waals surface area contributed by atoms with Gasteiger partial charge in [-0.05, 0) is 47.9 Å². The van der Waals surface area contributed by atoms with E-state index in [1.165, 1.54) is 22.4 Å². The number of fused-ring (bicyclic) bond motifs is 1. The van der Waals surface area contributed by atoms with Crippen LogP contribution in [0.2, 0.25) is 0 Å². The molecule has 19 heavy (non-hydrogen) atoms. The van der Waals surface area contributed by atoms with Gasteiger partial charge < -0.3 is 15.4 Å². The predicted molar refractivity (Wildman–Crippen MR) is 78.5 cm³/mol. The first-order valence-electron chi connectivity index (χ1n) is 6.45. The van der Waals surface area contributed by atoms with E-state index in [1.807, 2.05) is 18.2 Å². The minimum Gasteiger partial charge on any atom is -0.497 e. The first-order valence-corrected chi connectivity index (χ1v) is 6.45. The van der Waals surface area contributed by atoms with Crippen molar-refractivity contribution in [2.24, 2.45) is 0 Å². The van der Waals surface area contributed by atoms with E-state index >= 15 is 0 Å². The third-order valence-corrected chi connectivity index (χ3v) is 3.76. The molecule has 0 spiro atoms. The maximum atomic E-state index is 6.05. The van der Waals surface area contributed by atoms with Gasteiger partial charge in [-0.25, -0.2) is 0 Å². The lowest BCUT2D eigenvalue weighted by atomic mass is 10.1. The predicted octanol–water partition coefficient (Wildman–Crippen LogP) is 3.11. The fraction of sp³-hybridized carbons (Fsp3) is 0.250. The third-order valence-electron chi connectivity index (χ3n) is 3.76. The van der Waals surface area contributed by atoms with E-state index in [9.17, 15) is 0 Å². The number of hydrogen-bond donors (Lipinski definition) is 1. The van der Waals surface area contributed by atoms with Crippen LogP contribution in [0.25, 0.3) is 0 Å². The van der Waals surface area contributed by atoms with Gasteiger partial charge in [-0.1, -0.05) is 12.1 Å². The van der Waals surface area contributed by atoms with E-state index in [0.29, 0.717) is 0 Å². The molecule has 1 aliphatic heterocycles. The van der Waals surface area contributed by atoms with Gasteiger partial charge in [0.25, 0.3) is 0 Å². The number of nitrogen functional groups attached to an aromatic ring is 1. The van der Waals surface area contributed by atoms with Crippen molar-refractivity contribution < 1.29 is 4.74 Å². The minimum atomic E-state index is 0.884. The average molecular weight is 254 g/mol. The summed E-state index contributed by atoms with van der Waals surface area (Å²) >= 11 is 0. The van der Waals surface area contributed by atoms with Gasteiger partial charge in [0.05, 0.1) is 7.11 Å². The molecule has 3 heteroatoms. The summed E-state index contributed by atoms with van der Waals surface area (Å²) in [6.45, 7) is 3.92. The molecule has 98 valence electrons. The van der Waals surface area contributed by atoms with Crippen molar-refractivity contribution in [3.8, 4) is 5.75 Å². The van der Waals surface area contributed by atoms with Gasteiger partial charge in [-0.2, -0.15) is 0 Å². The number of nitrogens with two attached hydrogens (primary N) is 1. The molecule has 2 aromatic carbocycles. The number of hydrogen-bond acceptors (Lipinski definition) is 3. The lowest BCUT2D eigenvalue weighted by Gasteiger charge is -2.20. The Bertz CT molecular complexity index is 622. The molecule has 0 saturated carbocycles. The molecule has 1 heterocycles. The lowest BCUT2D eigenvalue weighted by molar-refractivity contribution is 0.414. The number of aryl methyl sites for hydroxylation is 1. The molecule has 3 rings (SSSR count). The van der Waals surface area contributed by atoms with Crippen LogP contribution in [-0.4, -0.2) is 7.11 Å². The van der Waals surface area contributed by atoms with E-state index in [4.69, 9.17) is 10.5 Å². The second-order valence-corrected chi connectivity index (χ2v) is 4.99. The zero-order valence-corrected chi connectivity index (χ0v) is 11.3. The van der Waals surface area contributed by atoms with Crippen molar-refractivity contribution in [3.05, 3.63) is 53.1 Å². The second-order valence-electron chi connectivity index (χ2n) is 4.99. The molecular weight excluding hydrogens is 236 g/mol. The summed E-state index contributed by atoms with van der Waals surface area (Å²) in [5, 5.41) is 0. The summed E-state index contributed by atoms with van der Waals surface area (Å²) in [4.78, 5) is 2.36. The fourth-order valence-electron chi connectivity index (χ4n) is 2.73. The first-order chi connectivity index (χ1) is 9.19. The average Bonchev–Trinajstić information content (AvgIpc) is 2.83. The number of rotatable bonds is 2. The van der Waals surface area contributed by atoms with E-state index in [2.05, 4.69) is 30.0 Å². The van der Waals surface area contributed by atoms with Crippen LogP contribution in [-0.2, 0) is 13.1 Å². The minimum absolute atomic E-state index is 0.884. The Morgan fingerprint density at radius 2 is 2.00 bits per heavy atom. The highest BCUT2D eigenvalue weighted by molar-refractivity contribution is 5.62. The zero-order valence-electron chi connectivity index (χ0n) is 11.3. The number of benzene rings is 2.